The molecule has 0 spiro atoms. The van der Waals surface area contributed by atoms with Crippen LogP contribution in [0, 0.1) is 0 Å². The maximum Gasteiger partial charge on any atom is 0.407 e. The standard InChI is InChI=1S/C16H26N4O2/c1-12(14-11-17-7-8-18-14)20-9-5-6-13(20)10-19-15(21)22-16(2,3)4/h7-8,11-13H,5-6,9-10H2,1-4H3,(H,19,21)/t12-,13+/m0/s1. The van der Waals surface area contributed by atoms with Crippen molar-refractivity contribution in [2.24, 2.45) is 0 Å². The van der Waals surface area contributed by atoms with Crippen molar-refractivity contribution < 1.29 is 9.53 Å². The lowest BCUT2D eigenvalue weighted by molar-refractivity contribution is 0.0507. The zero-order chi connectivity index (χ0) is 16.2. The summed E-state index contributed by atoms with van der Waals surface area (Å²) in [5.74, 6) is 0. The lowest BCUT2D eigenvalue weighted by atomic mass is 10.1. The summed E-state index contributed by atoms with van der Waals surface area (Å²) < 4.78 is 5.29. The summed E-state index contributed by atoms with van der Waals surface area (Å²) >= 11 is 0. The van der Waals surface area contributed by atoms with Crippen molar-refractivity contribution in [3.05, 3.63) is 24.3 Å². The number of rotatable bonds is 4. The molecular formula is C16H26N4O2. The second-order valence-corrected chi connectivity index (χ2v) is 6.72. The molecule has 0 aliphatic carbocycles. The summed E-state index contributed by atoms with van der Waals surface area (Å²) in [5, 5.41) is 2.88. The molecule has 1 aromatic rings. The molecule has 22 heavy (non-hydrogen) atoms. The molecule has 6 nitrogen and oxygen atoms in total. The van der Waals surface area contributed by atoms with Crippen molar-refractivity contribution in [2.75, 3.05) is 13.1 Å². The molecule has 1 aliphatic heterocycles. The second-order valence-electron chi connectivity index (χ2n) is 6.72. The minimum atomic E-state index is -0.466. The first-order valence-corrected chi connectivity index (χ1v) is 7.85. The van der Waals surface area contributed by atoms with Gasteiger partial charge >= 0.3 is 6.09 Å². The largest absolute Gasteiger partial charge is 0.444 e. The molecule has 1 aliphatic rings. The molecule has 2 rings (SSSR count). The average molecular weight is 306 g/mol. The first-order valence-electron chi connectivity index (χ1n) is 7.85. The molecule has 2 atom stereocenters. The van der Waals surface area contributed by atoms with Gasteiger partial charge in [0.05, 0.1) is 11.7 Å². The van der Waals surface area contributed by atoms with Crippen LogP contribution in [0.15, 0.2) is 18.6 Å². The van der Waals surface area contributed by atoms with Crippen molar-refractivity contribution in [2.45, 2.75) is 58.2 Å². The zero-order valence-corrected chi connectivity index (χ0v) is 13.9. The van der Waals surface area contributed by atoms with Crippen LogP contribution in [0.3, 0.4) is 0 Å². The Morgan fingerprint density at radius 1 is 1.50 bits per heavy atom. The van der Waals surface area contributed by atoms with Gasteiger partial charge in [-0.2, -0.15) is 0 Å². The van der Waals surface area contributed by atoms with Crippen LogP contribution in [0.2, 0.25) is 0 Å². The molecule has 1 aromatic heterocycles. The Balaban J connectivity index is 1.90. The van der Waals surface area contributed by atoms with Gasteiger partial charge in [-0.05, 0) is 47.1 Å². The van der Waals surface area contributed by atoms with Crippen LogP contribution < -0.4 is 5.32 Å². The predicted octanol–water partition coefficient (Wildman–Crippen LogP) is 2.53. The van der Waals surface area contributed by atoms with Crippen LogP contribution in [0.5, 0.6) is 0 Å². The minimum absolute atomic E-state index is 0.196. The van der Waals surface area contributed by atoms with E-state index in [-0.39, 0.29) is 12.1 Å². The number of alkyl carbamates (subject to hydrolysis) is 1. The van der Waals surface area contributed by atoms with Crippen LogP contribution in [-0.2, 0) is 4.74 Å². The highest BCUT2D eigenvalue weighted by Crippen LogP contribution is 2.27. The first kappa shape index (κ1) is 16.7. The Kier molecular flexibility index (Phi) is 5.34. The molecular weight excluding hydrogens is 280 g/mol. The van der Waals surface area contributed by atoms with Crippen molar-refractivity contribution in [1.82, 2.24) is 20.2 Å². The molecule has 0 aromatic carbocycles. The number of hydrogen-bond acceptors (Lipinski definition) is 5. The van der Waals surface area contributed by atoms with E-state index in [0.717, 1.165) is 25.1 Å². The number of nitrogens with zero attached hydrogens (tertiary/aromatic N) is 3. The van der Waals surface area contributed by atoms with Gasteiger partial charge in [0.1, 0.15) is 5.60 Å². The van der Waals surface area contributed by atoms with Gasteiger partial charge in [-0.3, -0.25) is 14.9 Å². The van der Waals surface area contributed by atoms with Crippen LogP contribution in [-0.4, -0.2) is 45.7 Å². The van der Waals surface area contributed by atoms with E-state index in [1.807, 2.05) is 20.8 Å². The Bertz CT molecular complexity index is 487. The molecule has 1 N–H and O–H groups in total. The van der Waals surface area contributed by atoms with E-state index in [9.17, 15) is 4.79 Å². The highest BCUT2D eigenvalue weighted by atomic mass is 16.6. The summed E-state index contributed by atoms with van der Waals surface area (Å²) in [6.07, 6.45) is 7.05. The number of carbonyl (C=O) groups is 1. The summed E-state index contributed by atoms with van der Waals surface area (Å²) in [6, 6.07) is 0.506. The minimum Gasteiger partial charge on any atom is -0.444 e. The number of hydrogen-bond donors (Lipinski definition) is 1. The highest BCUT2D eigenvalue weighted by Gasteiger charge is 2.30. The van der Waals surface area contributed by atoms with E-state index < -0.39 is 5.60 Å². The highest BCUT2D eigenvalue weighted by molar-refractivity contribution is 5.67. The fourth-order valence-corrected chi connectivity index (χ4v) is 2.80. The van der Waals surface area contributed by atoms with E-state index in [1.165, 1.54) is 0 Å². The number of likely N-dealkylation sites (tertiary alicyclic amines) is 1. The van der Waals surface area contributed by atoms with E-state index in [4.69, 9.17) is 4.74 Å². The number of nitrogens with one attached hydrogen (secondary N) is 1. The van der Waals surface area contributed by atoms with E-state index in [2.05, 4.69) is 27.1 Å². The molecule has 0 bridgehead atoms. The number of ether oxygens (including phenoxy) is 1. The van der Waals surface area contributed by atoms with Gasteiger partial charge in [0.2, 0.25) is 0 Å². The third-order valence-electron chi connectivity index (χ3n) is 3.81. The maximum absolute atomic E-state index is 11.8. The molecule has 1 saturated heterocycles. The first-order chi connectivity index (χ1) is 10.4. The fraction of sp³-hybridized carbons (Fsp3) is 0.688. The summed E-state index contributed by atoms with van der Waals surface area (Å²) in [6.45, 7) is 9.34. The van der Waals surface area contributed by atoms with E-state index in [1.54, 1.807) is 18.6 Å². The zero-order valence-electron chi connectivity index (χ0n) is 13.9. The van der Waals surface area contributed by atoms with Crippen molar-refractivity contribution in [1.29, 1.82) is 0 Å². The van der Waals surface area contributed by atoms with Gasteiger partial charge in [0, 0.05) is 31.2 Å². The Morgan fingerprint density at radius 2 is 2.27 bits per heavy atom. The Morgan fingerprint density at radius 3 is 2.91 bits per heavy atom. The Hall–Kier alpha value is -1.69. The molecule has 122 valence electrons. The topological polar surface area (TPSA) is 67.4 Å². The lowest BCUT2D eigenvalue weighted by Crippen LogP contribution is -2.43. The summed E-state index contributed by atoms with van der Waals surface area (Å²) in [4.78, 5) is 22.7. The van der Waals surface area contributed by atoms with Gasteiger partial charge in [-0.15, -0.1) is 0 Å². The third-order valence-corrected chi connectivity index (χ3v) is 3.81. The molecule has 0 radical (unpaired) electrons. The van der Waals surface area contributed by atoms with Gasteiger partial charge < -0.3 is 10.1 Å². The van der Waals surface area contributed by atoms with Gasteiger partial charge in [0.25, 0.3) is 0 Å². The van der Waals surface area contributed by atoms with Crippen LogP contribution in [0.25, 0.3) is 0 Å². The van der Waals surface area contributed by atoms with Crippen molar-refractivity contribution in [3.63, 3.8) is 0 Å². The SMILES string of the molecule is C[C@@H](c1cnccn1)N1CCC[C@@H]1CNC(=O)OC(C)(C)C. The predicted molar refractivity (Wildman–Crippen MR) is 84.4 cm³/mol. The number of aromatic nitrogens is 2. The molecule has 0 saturated carbocycles. The summed E-state index contributed by atoms with van der Waals surface area (Å²) in [5.41, 5.74) is 0.499. The van der Waals surface area contributed by atoms with Crippen LogP contribution >= 0.6 is 0 Å². The van der Waals surface area contributed by atoms with Gasteiger partial charge in [0.15, 0.2) is 0 Å². The Labute approximate surface area is 132 Å². The monoisotopic (exact) mass is 306 g/mol. The quantitative estimate of drug-likeness (QED) is 0.926. The molecule has 0 unspecified atom stereocenters. The normalized spacial score (nSPS) is 20.6. The van der Waals surface area contributed by atoms with Crippen LogP contribution in [0.1, 0.15) is 52.3 Å². The smallest absolute Gasteiger partial charge is 0.407 e. The average Bonchev–Trinajstić information content (AvgIpc) is 2.92. The van der Waals surface area contributed by atoms with E-state index >= 15 is 0 Å². The summed E-state index contributed by atoms with van der Waals surface area (Å²) in [7, 11) is 0. The van der Waals surface area contributed by atoms with Crippen molar-refractivity contribution in [3.8, 4) is 0 Å². The maximum atomic E-state index is 11.8. The molecule has 6 heteroatoms. The number of carbonyl (C=O) groups excluding carboxylic acids is 1. The van der Waals surface area contributed by atoms with Gasteiger partial charge in [-0.1, -0.05) is 0 Å². The third kappa shape index (κ3) is 4.66. The fourth-order valence-electron chi connectivity index (χ4n) is 2.80. The lowest BCUT2D eigenvalue weighted by Gasteiger charge is -2.30. The molecule has 1 amide bonds. The second kappa shape index (κ2) is 7.05. The van der Waals surface area contributed by atoms with Gasteiger partial charge in [-0.25, -0.2) is 4.79 Å². The number of amides is 1. The molecule has 2 heterocycles. The molecule has 1 fully saturated rings. The van der Waals surface area contributed by atoms with Crippen molar-refractivity contribution >= 4 is 6.09 Å². The van der Waals surface area contributed by atoms with Crippen LogP contribution in [0.4, 0.5) is 4.79 Å². The van der Waals surface area contributed by atoms with E-state index in [0.29, 0.717) is 12.6 Å².